The van der Waals surface area contributed by atoms with Gasteiger partial charge in [-0.3, -0.25) is 4.79 Å². The average molecular weight is 322 g/mol. The van der Waals surface area contributed by atoms with Crippen LogP contribution in [-0.4, -0.2) is 48.7 Å². The first-order valence-electron chi connectivity index (χ1n) is 6.50. The number of carbonyl (C=O) groups excluding carboxylic acids is 1. The van der Waals surface area contributed by atoms with Crippen molar-refractivity contribution in [3.05, 3.63) is 23.4 Å². The van der Waals surface area contributed by atoms with Crippen molar-refractivity contribution in [2.75, 3.05) is 27.3 Å². The van der Waals surface area contributed by atoms with E-state index in [1.165, 1.54) is 14.2 Å². The number of methoxy groups -OCH3 is 2. The first kappa shape index (κ1) is 17.5. The van der Waals surface area contributed by atoms with Crippen LogP contribution in [-0.2, 0) is 14.3 Å². The van der Waals surface area contributed by atoms with Crippen LogP contribution in [0.4, 0.5) is 0 Å². The molecule has 20 heavy (non-hydrogen) atoms. The number of likely N-dealkylation sites (N-methyl/N-ethyl adjacent to an activating group) is 1. The number of ketones is 1. The van der Waals surface area contributed by atoms with E-state index in [9.17, 15) is 4.79 Å². The quantitative estimate of drug-likeness (QED) is 0.410. The molecule has 0 bridgehead atoms. The Kier molecular flexibility index (Phi) is 5.67. The van der Waals surface area contributed by atoms with Crippen LogP contribution >= 0.6 is 23.2 Å². The summed E-state index contributed by atoms with van der Waals surface area (Å²) in [5.41, 5.74) is 0.482. The van der Waals surface area contributed by atoms with E-state index in [1.54, 1.807) is 6.08 Å². The molecular weight excluding hydrogens is 301 g/mol. The third-order valence-electron chi connectivity index (χ3n) is 3.68. The number of rotatable bonds is 7. The van der Waals surface area contributed by atoms with Crippen LogP contribution in [0.5, 0.6) is 0 Å². The van der Waals surface area contributed by atoms with Gasteiger partial charge in [0.25, 0.3) is 0 Å². The van der Waals surface area contributed by atoms with E-state index in [0.29, 0.717) is 18.8 Å². The number of allylic oxidation sites excluding steroid dienone is 2. The Balaban J connectivity index is 3.54. The zero-order valence-corrected chi connectivity index (χ0v) is 13.8. The van der Waals surface area contributed by atoms with Gasteiger partial charge in [-0.1, -0.05) is 17.7 Å². The second-order valence-electron chi connectivity index (χ2n) is 4.48. The third kappa shape index (κ3) is 2.19. The van der Waals surface area contributed by atoms with Crippen LogP contribution in [0.15, 0.2) is 23.4 Å². The molecule has 0 aromatic heterocycles. The van der Waals surface area contributed by atoms with Crippen molar-refractivity contribution in [1.29, 1.82) is 0 Å². The molecule has 0 spiro atoms. The summed E-state index contributed by atoms with van der Waals surface area (Å²) in [6.07, 6.45) is 1.75. The molecule has 1 aliphatic carbocycles. The van der Waals surface area contributed by atoms with E-state index >= 15 is 0 Å². The van der Waals surface area contributed by atoms with Gasteiger partial charge < -0.3 is 14.4 Å². The predicted molar refractivity (Wildman–Crippen MR) is 81.0 cm³/mol. The van der Waals surface area contributed by atoms with Gasteiger partial charge in [0.05, 0.1) is 5.70 Å². The molecule has 0 aliphatic heterocycles. The smallest absolute Gasteiger partial charge is 0.239 e. The van der Waals surface area contributed by atoms with Crippen molar-refractivity contribution in [3.8, 4) is 0 Å². The minimum atomic E-state index is -1.44. The lowest BCUT2D eigenvalue weighted by Gasteiger charge is -2.42. The third-order valence-corrected chi connectivity index (χ3v) is 4.61. The molecule has 1 rings (SSSR count). The maximum atomic E-state index is 12.5. The van der Waals surface area contributed by atoms with Gasteiger partial charge in [0, 0.05) is 27.3 Å². The summed E-state index contributed by atoms with van der Waals surface area (Å²) >= 11 is 12.8. The van der Waals surface area contributed by atoms with Gasteiger partial charge in [-0.25, -0.2) is 0 Å². The van der Waals surface area contributed by atoms with Gasteiger partial charge in [-0.05, 0) is 20.3 Å². The van der Waals surface area contributed by atoms with E-state index in [0.717, 1.165) is 0 Å². The lowest BCUT2D eigenvalue weighted by atomic mass is 9.93. The number of hydrogen-bond acceptors (Lipinski definition) is 4. The summed E-state index contributed by atoms with van der Waals surface area (Å²) in [4.78, 5) is 13.0. The summed E-state index contributed by atoms with van der Waals surface area (Å²) in [7, 11) is 2.91. The number of hydrogen-bond donors (Lipinski definition) is 0. The monoisotopic (exact) mass is 321 g/mol. The number of halogens is 2. The molecule has 0 amide bonds. The van der Waals surface area contributed by atoms with E-state index in [2.05, 4.69) is 6.58 Å². The normalized spacial score (nSPS) is 25.2. The lowest BCUT2D eigenvalue weighted by Crippen LogP contribution is -2.57. The molecule has 4 nitrogen and oxygen atoms in total. The fraction of sp³-hybridized carbons (Fsp3) is 0.643. The summed E-state index contributed by atoms with van der Waals surface area (Å²) in [6, 6.07) is 0. The van der Waals surface area contributed by atoms with Crippen molar-refractivity contribution in [1.82, 2.24) is 4.90 Å². The molecule has 0 aromatic rings. The molecule has 0 heterocycles. The molecular formula is C14H21Cl2NO3. The topological polar surface area (TPSA) is 38.8 Å². The average Bonchev–Trinajstić information content (AvgIpc) is 2.61. The Labute approximate surface area is 130 Å². The zero-order valence-electron chi connectivity index (χ0n) is 12.3. The highest BCUT2D eigenvalue weighted by molar-refractivity contribution is 6.53. The fourth-order valence-corrected chi connectivity index (χ4v) is 3.58. The van der Waals surface area contributed by atoms with Crippen LogP contribution in [0.3, 0.4) is 0 Å². The predicted octanol–water partition coefficient (Wildman–Crippen LogP) is 2.90. The summed E-state index contributed by atoms with van der Waals surface area (Å²) in [5.74, 6) is -1.81. The van der Waals surface area contributed by atoms with Gasteiger partial charge in [0.15, 0.2) is 4.87 Å². The van der Waals surface area contributed by atoms with Crippen LogP contribution in [0, 0.1) is 0 Å². The van der Waals surface area contributed by atoms with Crippen molar-refractivity contribution in [2.24, 2.45) is 0 Å². The van der Waals surface area contributed by atoms with Gasteiger partial charge in [-0.15, -0.1) is 18.2 Å². The molecule has 1 atom stereocenters. The molecule has 0 fully saturated rings. The minimum Gasteiger partial charge on any atom is -0.370 e. The standard InChI is InChI=1S/C14H21Cl2NO3/c1-6-9-13(16)12(18)10(15)11(17(7-2)8-3)14(13,19-4)20-5/h6H,1,7-9H2,2-5H3/t13-/m0/s1. The largest absolute Gasteiger partial charge is 0.370 e. The van der Waals surface area contributed by atoms with Crippen LogP contribution < -0.4 is 0 Å². The van der Waals surface area contributed by atoms with Gasteiger partial charge in [0.2, 0.25) is 11.6 Å². The number of Topliss-reactive ketones (excluding diaryl/α,β-unsaturated/α-hetero) is 1. The molecule has 0 saturated carbocycles. The first-order valence-corrected chi connectivity index (χ1v) is 7.25. The number of carbonyl (C=O) groups is 1. The highest BCUT2D eigenvalue weighted by Crippen LogP contribution is 2.52. The fourth-order valence-electron chi connectivity index (χ4n) is 2.68. The molecule has 0 N–H and O–H groups in total. The minimum absolute atomic E-state index is 0.0641. The zero-order chi connectivity index (χ0) is 15.6. The van der Waals surface area contributed by atoms with Crippen LogP contribution in [0.25, 0.3) is 0 Å². The first-order chi connectivity index (χ1) is 9.39. The number of alkyl halides is 1. The Bertz CT molecular complexity index is 428. The molecule has 0 saturated heterocycles. The summed E-state index contributed by atoms with van der Waals surface area (Å²) in [6.45, 7) is 8.89. The van der Waals surface area contributed by atoms with Gasteiger partial charge >= 0.3 is 0 Å². The maximum absolute atomic E-state index is 12.5. The molecule has 0 unspecified atom stereocenters. The van der Waals surface area contributed by atoms with E-state index < -0.39 is 16.4 Å². The molecule has 1 aliphatic rings. The van der Waals surface area contributed by atoms with Gasteiger partial charge in [0.1, 0.15) is 5.03 Å². The van der Waals surface area contributed by atoms with Crippen molar-refractivity contribution in [3.63, 3.8) is 0 Å². The SMILES string of the molecule is C=CC[C@]1(Cl)C(=O)C(Cl)=C(N(CC)CC)C1(OC)OC. The Morgan fingerprint density at radius 1 is 1.30 bits per heavy atom. The Morgan fingerprint density at radius 3 is 2.15 bits per heavy atom. The van der Waals surface area contributed by atoms with E-state index in [-0.39, 0.29) is 11.5 Å². The maximum Gasteiger partial charge on any atom is 0.239 e. The summed E-state index contributed by atoms with van der Waals surface area (Å²) in [5, 5.41) is 0.0641. The number of nitrogens with zero attached hydrogens (tertiary/aromatic N) is 1. The second kappa shape index (κ2) is 6.48. The van der Waals surface area contributed by atoms with Crippen LogP contribution in [0.2, 0.25) is 0 Å². The van der Waals surface area contributed by atoms with Gasteiger partial charge in [-0.2, -0.15) is 0 Å². The highest BCUT2D eigenvalue weighted by Gasteiger charge is 2.66. The Hall–Kier alpha value is -0.550. The van der Waals surface area contributed by atoms with E-state index in [1.807, 2.05) is 18.7 Å². The van der Waals surface area contributed by atoms with Crippen LogP contribution in [0.1, 0.15) is 20.3 Å². The van der Waals surface area contributed by atoms with Crippen molar-refractivity contribution >= 4 is 29.0 Å². The molecule has 6 heteroatoms. The number of ether oxygens (including phenoxy) is 2. The second-order valence-corrected chi connectivity index (χ2v) is 5.51. The van der Waals surface area contributed by atoms with Crippen molar-refractivity contribution < 1.29 is 14.3 Å². The molecule has 114 valence electrons. The Morgan fingerprint density at radius 2 is 1.80 bits per heavy atom. The summed E-state index contributed by atoms with van der Waals surface area (Å²) < 4.78 is 11.1. The van der Waals surface area contributed by atoms with E-state index in [4.69, 9.17) is 32.7 Å². The van der Waals surface area contributed by atoms with Crippen molar-refractivity contribution in [2.45, 2.75) is 30.9 Å². The molecule has 0 radical (unpaired) electrons. The molecule has 0 aromatic carbocycles. The lowest BCUT2D eigenvalue weighted by molar-refractivity contribution is -0.205. The highest BCUT2D eigenvalue weighted by atomic mass is 35.5.